The molecule has 186 valence electrons. The lowest BCUT2D eigenvalue weighted by atomic mass is 10.1. The molecule has 2 amide bonds. The van der Waals surface area contributed by atoms with Gasteiger partial charge in [0.2, 0.25) is 21.8 Å². The first kappa shape index (κ1) is 27.8. The van der Waals surface area contributed by atoms with Crippen molar-refractivity contribution in [1.29, 1.82) is 0 Å². The highest BCUT2D eigenvalue weighted by atomic mass is 35.5. The number of methoxy groups -OCH3 is 1. The molecular formula is C23H29Cl2N3O5S. The van der Waals surface area contributed by atoms with E-state index >= 15 is 0 Å². The highest BCUT2D eigenvalue weighted by Gasteiger charge is 2.30. The second kappa shape index (κ2) is 12.3. The van der Waals surface area contributed by atoms with Crippen molar-refractivity contribution in [3.63, 3.8) is 0 Å². The third-order valence-electron chi connectivity index (χ3n) is 5.04. The summed E-state index contributed by atoms with van der Waals surface area (Å²) in [7, 11) is -2.32. The van der Waals surface area contributed by atoms with Crippen LogP contribution in [0, 0.1) is 0 Å². The summed E-state index contributed by atoms with van der Waals surface area (Å²) < 4.78 is 31.2. The van der Waals surface area contributed by atoms with Crippen molar-refractivity contribution >= 4 is 50.7 Å². The maximum absolute atomic E-state index is 13.4. The molecule has 0 aliphatic rings. The SMILES string of the molecule is CCCNC(=O)C(C)N(Cc1ccc(OC)cc1)C(=O)CN(c1cc(Cl)cc(Cl)c1)S(C)(=O)=O. The molecule has 0 bridgehead atoms. The Morgan fingerprint density at radius 1 is 1.09 bits per heavy atom. The maximum Gasteiger partial charge on any atom is 0.244 e. The number of hydrogen-bond donors (Lipinski definition) is 1. The monoisotopic (exact) mass is 529 g/mol. The molecule has 0 radical (unpaired) electrons. The minimum atomic E-state index is -3.87. The van der Waals surface area contributed by atoms with Gasteiger partial charge in [0.1, 0.15) is 18.3 Å². The second-order valence-electron chi connectivity index (χ2n) is 7.73. The molecule has 0 saturated carbocycles. The van der Waals surface area contributed by atoms with Crippen LogP contribution in [0.1, 0.15) is 25.8 Å². The summed E-state index contributed by atoms with van der Waals surface area (Å²) in [5, 5.41) is 3.24. The van der Waals surface area contributed by atoms with Gasteiger partial charge < -0.3 is 15.0 Å². The molecule has 0 heterocycles. The molecule has 2 rings (SSSR count). The van der Waals surface area contributed by atoms with Crippen LogP contribution in [0.3, 0.4) is 0 Å². The number of hydrogen-bond acceptors (Lipinski definition) is 5. The van der Waals surface area contributed by atoms with Gasteiger partial charge in [-0.25, -0.2) is 8.42 Å². The van der Waals surface area contributed by atoms with Crippen molar-refractivity contribution in [3.05, 3.63) is 58.1 Å². The van der Waals surface area contributed by atoms with Crippen molar-refractivity contribution in [2.45, 2.75) is 32.9 Å². The maximum atomic E-state index is 13.4. The summed E-state index contributed by atoms with van der Waals surface area (Å²) in [6, 6.07) is 10.5. The fraction of sp³-hybridized carbons (Fsp3) is 0.391. The molecule has 8 nitrogen and oxygen atoms in total. The number of nitrogens with zero attached hydrogens (tertiary/aromatic N) is 2. The second-order valence-corrected chi connectivity index (χ2v) is 10.5. The van der Waals surface area contributed by atoms with Gasteiger partial charge in [-0.15, -0.1) is 0 Å². The summed E-state index contributed by atoms with van der Waals surface area (Å²) in [5.41, 5.74) is 0.904. The number of anilines is 1. The van der Waals surface area contributed by atoms with E-state index in [0.717, 1.165) is 22.5 Å². The van der Waals surface area contributed by atoms with E-state index in [4.69, 9.17) is 27.9 Å². The third kappa shape index (κ3) is 7.78. The van der Waals surface area contributed by atoms with Crippen molar-refractivity contribution < 1.29 is 22.7 Å². The molecule has 0 aromatic heterocycles. The minimum absolute atomic E-state index is 0.0947. The van der Waals surface area contributed by atoms with Crippen LogP contribution in [0.25, 0.3) is 0 Å². The number of nitrogens with one attached hydrogen (secondary N) is 1. The van der Waals surface area contributed by atoms with E-state index in [1.165, 1.54) is 23.1 Å². The predicted molar refractivity (Wildman–Crippen MR) is 135 cm³/mol. The van der Waals surface area contributed by atoms with Crippen LogP contribution in [0.15, 0.2) is 42.5 Å². The lowest BCUT2D eigenvalue weighted by Crippen LogP contribution is -2.51. The van der Waals surface area contributed by atoms with Crippen LogP contribution < -0.4 is 14.4 Å². The normalized spacial score (nSPS) is 12.1. The van der Waals surface area contributed by atoms with Gasteiger partial charge in [0.05, 0.1) is 19.1 Å². The van der Waals surface area contributed by atoms with Crippen LogP contribution in [-0.4, -0.2) is 57.6 Å². The average molecular weight is 530 g/mol. The van der Waals surface area contributed by atoms with Gasteiger partial charge in [0.15, 0.2) is 0 Å². The molecule has 1 atom stereocenters. The number of carbonyl (C=O) groups is 2. The standard InChI is InChI=1S/C23H29Cl2N3O5S/c1-5-10-26-23(30)16(2)27(14-17-6-8-21(33-3)9-7-17)22(29)15-28(34(4,31)32)20-12-18(24)11-19(25)13-20/h6-9,11-13,16H,5,10,14-15H2,1-4H3,(H,26,30). The summed E-state index contributed by atoms with van der Waals surface area (Å²) in [4.78, 5) is 27.5. The zero-order chi connectivity index (χ0) is 25.5. The van der Waals surface area contributed by atoms with Gasteiger partial charge >= 0.3 is 0 Å². The summed E-state index contributed by atoms with van der Waals surface area (Å²) in [6.45, 7) is 3.55. The number of sulfonamides is 1. The van der Waals surface area contributed by atoms with E-state index in [1.54, 1.807) is 38.3 Å². The van der Waals surface area contributed by atoms with Crippen molar-refractivity contribution in [2.75, 3.05) is 30.8 Å². The number of benzene rings is 2. The summed E-state index contributed by atoms with van der Waals surface area (Å²) in [5.74, 6) is -0.242. The largest absolute Gasteiger partial charge is 0.497 e. The zero-order valence-electron chi connectivity index (χ0n) is 19.5. The smallest absolute Gasteiger partial charge is 0.244 e. The van der Waals surface area contributed by atoms with Crippen molar-refractivity contribution in [1.82, 2.24) is 10.2 Å². The molecule has 0 aliphatic heterocycles. The van der Waals surface area contributed by atoms with Crippen molar-refractivity contribution in [3.8, 4) is 5.75 Å². The number of rotatable bonds is 11. The van der Waals surface area contributed by atoms with E-state index in [1.807, 2.05) is 6.92 Å². The number of amides is 2. The lowest BCUT2D eigenvalue weighted by molar-refractivity contribution is -0.139. The van der Waals surface area contributed by atoms with E-state index < -0.39 is 28.5 Å². The molecule has 2 aromatic carbocycles. The van der Waals surface area contributed by atoms with Crippen LogP contribution in [0.2, 0.25) is 10.0 Å². The van der Waals surface area contributed by atoms with Gasteiger partial charge in [-0.3, -0.25) is 13.9 Å². The van der Waals surface area contributed by atoms with Crippen LogP contribution >= 0.6 is 23.2 Å². The Hall–Kier alpha value is -2.49. The predicted octanol–water partition coefficient (Wildman–Crippen LogP) is 3.71. The molecule has 0 fully saturated rings. The zero-order valence-corrected chi connectivity index (χ0v) is 21.9. The molecule has 2 aromatic rings. The first-order valence-corrected chi connectivity index (χ1v) is 13.2. The summed E-state index contributed by atoms with van der Waals surface area (Å²) >= 11 is 12.1. The summed E-state index contributed by atoms with van der Waals surface area (Å²) in [6.07, 6.45) is 1.72. The fourth-order valence-electron chi connectivity index (χ4n) is 3.20. The molecule has 11 heteroatoms. The molecule has 0 aliphatic carbocycles. The van der Waals surface area contributed by atoms with E-state index in [9.17, 15) is 18.0 Å². The molecule has 1 unspecified atom stereocenters. The highest BCUT2D eigenvalue weighted by molar-refractivity contribution is 7.92. The van der Waals surface area contributed by atoms with Gasteiger partial charge in [-0.05, 0) is 49.2 Å². The Morgan fingerprint density at radius 2 is 1.68 bits per heavy atom. The van der Waals surface area contributed by atoms with Gasteiger partial charge in [-0.1, -0.05) is 42.3 Å². The molecule has 0 saturated heterocycles. The fourth-order valence-corrected chi connectivity index (χ4v) is 4.55. The number of carbonyl (C=O) groups excluding carboxylic acids is 2. The Labute approximate surface area is 210 Å². The Morgan fingerprint density at radius 3 is 2.18 bits per heavy atom. The van der Waals surface area contributed by atoms with E-state index in [0.29, 0.717) is 12.3 Å². The van der Waals surface area contributed by atoms with Gasteiger partial charge in [-0.2, -0.15) is 0 Å². The Kier molecular flexibility index (Phi) is 10.0. The van der Waals surface area contributed by atoms with Gasteiger partial charge in [0, 0.05) is 23.1 Å². The number of ether oxygens (including phenoxy) is 1. The quantitative estimate of drug-likeness (QED) is 0.478. The molecule has 34 heavy (non-hydrogen) atoms. The third-order valence-corrected chi connectivity index (χ3v) is 6.62. The minimum Gasteiger partial charge on any atom is -0.497 e. The number of halogens is 2. The first-order valence-electron chi connectivity index (χ1n) is 10.6. The highest BCUT2D eigenvalue weighted by Crippen LogP contribution is 2.27. The molecule has 1 N–H and O–H groups in total. The Bertz CT molecular complexity index is 1090. The van der Waals surface area contributed by atoms with E-state index in [2.05, 4.69) is 5.32 Å². The van der Waals surface area contributed by atoms with Crippen molar-refractivity contribution in [2.24, 2.45) is 0 Å². The topological polar surface area (TPSA) is 96.0 Å². The van der Waals surface area contributed by atoms with Crippen LogP contribution in [0.5, 0.6) is 5.75 Å². The molecular weight excluding hydrogens is 501 g/mol. The Balaban J connectivity index is 2.39. The van der Waals surface area contributed by atoms with E-state index in [-0.39, 0.29) is 28.2 Å². The first-order chi connectivity index (χ1) is 16.0. The van der Waals surface area contributed by atoms with Crippen LogP contribution in [-0.2, 0) is 26.2 Å². The average Bonchev–Trinajstić information content (AvgIpc) is 2.77. The lowest BCUT2D eigenvalue weighted by Gasteiger charge is -2.31. The van der Waals surface area contributed by atoms with Gasteiger partial charge in [0.25, 0.3) is 0 Å². The molecule has 0 spiro atoms. The van der Waals surface area contributed by atoms with Crippen LogP contribution in [0.4, 0.5) is 5.69 Å².